The first kappa shape index (κ1) is 57.7. The Balaban J connectivity index is 0.000000609. The SMILES string of the molecule is CC1=CC(C(C)C)=[C]([Zr]([CH3])([CH3])(=[SiH2])[C]2=C(C(C)C)C=C(C)C2)C1.CCCCC1=[C]([Zr]([CH3])([CH3])(=[SiH2])[C]2=C(CCCC)C=C(c3ccccc3)C2)CC(c2ccccc2)=C1.Cl.Cl.Cl.Cl. The van der Waals surface area contributed by atoms with Crippen LogP contribution in [-0.4, -0.2) is 13.8 Å². The molecule has 0 aromatic heterocycles. The molecular weight excluding hydrogens is 1010 g/mol. The number of unbranched alkanes of at least 4 members (excludes halogenated alkanes) is 2. The Morgan fingerprint density at radius 1 is 0.483 bits per heavy atom. The topological polar surface area (TPSA) is 0 Å². The minimum Gasteiger partial charge on any atom is -0.147 e. The predicted octanol–water partition coefficient (Wildman–Crippen LogP) is 16.7. The second-order valence-corrected chi connectivity index (χ2v) is 78.0. The quantitative estimate of drug-likeness (QED) is 0.165. The van der Waals surface area contributed by atoms with E-state index < -0.39 is 34.8 Å². The van der Waals surface area contributed by atoms with Gasteiger partial charge in [0.15, 0.2) is 0 Å². The Morgan fingerprint density at radius 3 is 1.10 bits per heavy atom. The van der Waals surface area contributed by atoms with Gasteiger partial charge in [-0.2, -0.15) is 0 Å². The van der Waals surface area contributed by atoms with Crippen LogP contribution in [-0.2, 0) is 34.8 Å². The van der Waals surface area contributed by atoms with Gasteiger partial charge >= 0.3 is 352 Å². The maximum Gasteiger partial charge on any atom is -0.147 e. The molecule has 0 amide bonds. The predicted molar refractivity (Wildman–Crippen MR) is 281 cm³/mol. The Hall–Kier alpha value is -0.280. The summed E-state index contributed by atoms with van der Waals surface area (Å²) in [7, 11) is 0. The van der Waals surface area contributed by atoms with Gasteiger partial charge in [-0.1, -0.05) is 0 Å². The van der Waals surface area contributed by atoms with Gasteiger partial charge in [0.2, 0.25) is 0 Å². The molecule has 60 heavy (non-hydrogen) atoms. The first-order valence-corrected chi connectivity index (χ1v) is 48.8. The molecule has 0 bridgehead atoms. The van der Waals surface area contributed by atoms with Crippen molar-refractivity contribution >= 4 is 74.5 Å². The molecule has 0 N–H and O–H groups in total. The summed E-state index contributed by atoms with van der Waals surface area (Å²) in [5.74, 6) is 1.31. The molecule has 4 aliphatic carbocycles. The van der Waals surface area contributed by atoms with E-state index in [4.69, 9.17) is 0 Å². The van der Waals surface area contributed by atoms with E-state index in [0.717, 1.165) is 12.8 Å². The van der Waals surface area contributed by atoms with Gasteiger partial charge in [-0.25, -0.2) is 0 Å². The molecule has 0 unspecified atom stereocenters. The summed E-state index contributed by atoms with van der Waals surface area (Å²) >= 11 is -6.39. The van der Waals surface area contributed by atoms with Crippen molar-refractivity contribution < 1.29 is 34.8 Å². The molecule has 0 saturated carbocycles. The summed E-state index contributed by atoms with van der Waals surface area (Å²) in [6.07, 6.45) is 22.6. The normalized spacial score (nSPS) is 17.1. The first-order valence-electron chi connectivity index (χ1n) is 22.2. The van der Waals surface area contributed by atoms with Gasteiger partial charge in [0, 0.05) is 0 Å². The third kappa shape index (κ3) is 13.0. The molecule has 2 aromatic rings. The molecule has 0 saturated heterocycles. The van der Waals surface area contributed by atoms with Gasteiger partial charge in [0.1, 0.15) is 0 Å². The molecule has 4 aliphatic rings. The number of hydrogen-bond acceptors (Lipinski definition) is 0. The second-order valence-electron chi connectivity index (χ2n) is 20.5. The molecule has 8 heteroatoms. The number of halogens is 4. The van der Waals surface area contributed by atoms with Gasteiger partial charge in [-0.05, 0) is 0 Å². The van der Waals surface area contributed by atoms with Crippen LogP contribution in [0, 0.1) is 11.8 Å². The average molecular weight is 1090 g/mol. The monoisotopic (exact) mass is 1080 g/mol. The molecule has 0 atom stereocenters. The van der Waals surface area contributed by atoms with Crippen molar-refractivity contribution in [3.05, 3.63) is 143 Å². The van der Waals surface area contributed by atoms with Crippen LogP contribution >= 0.6 is 49.6 Å². The molecule has 0 fully saturated rings. The van der Waals surface area contributed by atoms with E-state index >= 15 is 0 Å². The summed E-state index contributed by atoms with van der Waals surface area (Å²) < 4.78 is 18.3. The number of rotatable bonds is 14. The van der Waals surface area contributed by atoms with Crippen LogP contribution in [0.15, 0.2) is 132 Å². The minimum atomic E-state index is -3.36. The summed E-state index contributed by atoms with van der Waals surface area (Å²) in [5, 5.41) is 0. The number of hydrogen-bond donors (Lipinski definition) is 0. The van der Waals surface area contributed by atoms with E-state index in [2.05, 4.69) is 173 Å². The Morgan fingerprint density at radius 2 is 0.800 bits per heavy atom. The van der Waals surface area contributed by atoms with Crippen LogP contribution in [0.5, 0.6) is 0 Å². The fourth-order valence-corrected chi connectivity index (χ4v) is 40.3. The Labute approximate surface area is 397 Å². The smallest absolute Gasteiger partial charge is 0.147 e. The molecule has 0 aliphatic heterocycles. The summed E-state index contributed by atoms with van der Waals surface area (Å²) in [6, 6.07) is 22.2. The van der Waals surface area contributed by atoms with Crippen LogP contribution in [0.2, 0.25) is 18.5 Å². The Bertz CT molecular complexity index is 2090. The maximum absolute atomic E-state index is 3.36. The largest absolute Gasteiger partial charge is 0.147 e. The van der Waals surface area contributed by atoms with Crippen molar-refractivity contribution in [3.8, 4) is 0 Å². The summed E-state index contributed by atoms with van der Waals surface area (Å²) in [6.45, 7) is 23.6. The molecule has 0 radical (unpaired) electrons. The number of allylic oxidation sites excluding steroid dienone is 16. The van der Waals surface area contributed by atoms with E-state index in [1.54, 1.807) is 44.6 Å². The van der Waals surface area contributed by atoms with Gasteiger partial charge in [-0.15, -0.1) is 49.6 Å². The van der Waals surface area contributed by atoms with E-state index in [9.17, 15) is 0 Å². The fraction of sp³-hybridized carbons (Fsp3) is 0.462. The van der Waals surface area contributed by atoms with E-state index in [-0.39, 0.29) is 49.6 Å². The van der Waals surface area contributed by atoms with Crippen LogP contribution < -0.4 is 0 Å². The second kappa shape index (κ2) is 23.3. The average Bonchev–Trinajstić information content (AvgIpc) is 3.96. The van der Waals surface area contributed by atoms with Crippen molar-refractivity contribution in [1.82, 2.24) is 0 Å². The third-order valence-electron chi connectivity index (χ3n) is 13.6. The summed E-state index contributed by atoms with van der Waals surface area (Å²) in [4.78, 5) is 0. The van der Waals surface area contributed by atoms with Crippen molar-refractivity contribution in [3.63, 3.8) is 0 Å². The summed E-state index contributed by atoms with van der Waals surface area (Å²) in [5.41, 5.74) is 15.8. The van der Waals surface area contributed by atoms with Gasteiger partial charge < -0.3 is 0 Å². The molecular formula is C52H80Cl4Si2Zr2. The molecule has 0 heterocycles. The van der Waals surface area contributed by atoms with Crippen LogP contribution in [0.3, 0.4) is 0 Å². The van der Waals surface area contributed by atoms with Crippen molar-refractivity contribution in [2.24, 2.45) is 11.8 Å². The zero-order valence-corrected chi connectivity index (χ0v) is 50.4. The minimum absolute atomic E-state index is 0. The Kier molecular flexibility index (Phi) is 22.4. The van der Waals surface area contributed by atoms with Gasteiger partial charge in [0.05, 0.1) is 0 Å². The fourth-order valence-electron chi connectivity index (χ4n) is 10.2. The van der Waals surface area contributed by atoms with Crippen LogP contribution in [0.1, 0.15) is 131 Å². The molecule has 2 aromatic carbocycles. The molecule has 332 valence electrons. The van der Waals surface area contributed by atoms with E-state index in [1.807, 2.05) is 13.1 Å². The maximum atomic E-state index is 2.74. The molecule has 0 spiro atoms. The molecule has 6 rings (SSSR count). The van der Waals surface area contributed by atoms with Crippen LogP contribution in [0.25, 0.3) is 11.1 Å². The van der Waals surface area contributed by atoms with E-state index in [1.165, 1.54) is 62.5 Å². The van der Waals surface area contributed by atoms with Crippen molar-refractivity contribution in [2.75, 3.05) is 0 Å². The van der Waals surface area contributed by atoms with Crippen molar-refractivity contribution in [2.45, 2.75) is 138 Å². The first-order chi connectivity index (χ1) is 26.2. The van der Waals surface area contributed by atoms with Crippen molar-refractivity contribution in [1.29, 1.82) is 0 Å². The number of benzene rings is 2. The zero-order chi connectivity index (χ0) is 41.1. The standard InChI is InChI=1S/2C15H17.2C9H13.4CH3.4ClH.2H2Si.2Zr/c2*1-2-3-7-13-10-11-15(12-13)14-8-5-4-6-9-14;2*1-7(2)9-5-4-8(3)6-9;;;;;;;;;;;;/h2*4-6,8-9,12H,2-3,7,11H2,1H3;2*6-7H,4H2,1-3H3;4*1H3;4*1H;2*1H2;;. The third-order valence-corrected chi connectivity index (χ3v) is 47.5. The van der Waals surface area contributed by atoms with Gasteiger partial charge in [-0.3, -0.25) is 0 Å². The van der Waals surface area contributed by atoms with E-state index in [0.29, 0.717) is 11.8 Å². The zero-order valence-electron chi connectivity index (χ0n) is 39.4. The molecule has 0 nitrogen and oxygen atoms in total. The van der Waals surface area contributed by atoms with Crippen LogP contribution in [0.4, 0.5) is 0 Å². The van der Waals surface area contributed by atoms with Gasteiger partial charge in [0.25, 0.3) is 0 Å².